The molecule has 30 heavy (non-hydrogen) atoms. The second-order valence-electron chi connectivity index (χ2n) is 9.81. The minimum Gasteiger partial charge on any atom is -0.354 e. The van der Waals surface area contributed by atoms with Crippen LogP contribution in [-0.4, -0.2) is 34.9 Å². The molecule has 2 amide bonds. The van der Waals surface area contributed by atoms with Gasteiger partial charge in [0.2, 0.25) is 5.91 Å². The highest BCUT2D eigenvalue weighted by Gasteiger charge is 2.54. The van der Waals surface area contributed by atoms with Gasteiger partial charge in [-0.2, -0.15) is 0 Å². The molecule has 4 aliphatic carbocycles. The molecule has 1 aromatic carbocycles. The summed E-state index contributed by atoms with van der Waals surface area (Å²) in [7, 11) is 0. The number of rotatable bonds is 5. The van der Waals surface area contributed by atoms with Crippen LogP contribution in [-0.2, 0) is 4.79 Å². The summed E-state index contributed by atoms with van der Waals surface area (Å²) in [6, 6.07) is 5.38. The van der Waals surface area contributed by atoms with E-state index < -0.39 is 0 Å². The molecule has 0 atom stereocenters. The van der Waals surface area contributed by atoms with Crippen LogP contribution in [0.2, 0.25) is 0 Å². The number of fused-ring (bicyclic) bond motifs is 1. The van der Waals surface area contributed by atoms with Gasteiger partial charge in [-0.15, -0.1) is 0 Å². The molecule has 0 aliphatic heterocycles. The Labute approximate surface area is 177 Å². The number of nitrogens with one attached hydrogen (secondary N) is 2. The van der Waals surface area contributed by atoms with Crippen LogP contribution in [0.25, 0.3) is 11.0 Å². The third-order valence-electron chi connectivity index (χ3n) is 7.55. The maximum atomic E-state index is 13.0. The predicted molar refractivity (Wildman–Crippen MR) is 115 cm³/mol. The first-order valence-corrected chi connectivity index (χ1v) is 11.2. The summed E-state index contributed by atoms with van der Waals surface area (Å²) in [6.07, 6.45) is 7.18. The second-order valence-corrected chi connectivity index (χ2v) is 9.81. The van der Waals surface area contributed by atoms with Crippen molar-refractivity contribution in [2.45, 2.75) is 52.4 Å². The van der Waals surface area contributed by atoms with Gasteiger partial charge in [-0.3, -0.25) is 9.59 Å². The number of aromatic nitrogens is 2. The monoisotopic (exact) mass is 406 g/mol. The molecule has 2 N–H and O–H groups in total. The van der Waals surface area contributed by atoms with Crippen molar-refractivity contribution in [3.8, 4) is 0 Å². The first-order chi connectivity index (χ1) is 14.4. The maximum absolute atomic E-state index is 13.0. The summed E-state index contributed by atoms with van der Waals surface area (Å²) in [5.74, 6) is 2.32. The van der Waals surface area contributed by atoms with Crippen molar-refractivity contribution in [3.63, 3.8) is 0 Å². The van der Waals surface area contributed by atoms with E-state index >= 15 is 0 Å². The molecule has 1 aromatic heterocycles. The van der Waals surface area contributed by atoms with E-state index in [2.05, 4.69) is 20.6 Å². The topological polar surface area (TPSA) is 84.0 Å². The highest BCUT2D eigenvalue weighted by Crippen LogP contribution is 2.60. The molecule has 158 valence electrons. The van der Waals surface area contributed by atoms with Gasteiger partial charge in [0.1, 0.15) is 0 Å². The van der Waals surface area contributed by atoms with Gasteiger partial charge in [0.15, 0.2) is 0 Å². The van der Waals surface area contributed by atoms with Gasteiger partial charge in [0.05, 0.1) is 22.4 Å². The Morgan fingerprint density at radius 3 is 2.10 bits per heavy atom. The fourth-order valence-electron chi connectivity index (χ4n) is 6.40. The van der Waals surface area contributed by atoms with Gasteiger partial charge >= 0.3 is 0 Å². The van der Waals surface area contributed by atoms with Gasteiger partial charge in [0, 0.05) is 24.1 Å². The highest BCUT2D eigenvalue weighted by molar-refractivity contribution is 5.97. The van der Waals surface area contributed by atoms with Crippen molar-refractivity contribution in [3.05, 3.63) is 35.2 Å². The van der Waals surface area contributed by atoms with Crippen LogP contribution in [0.1, 0.15) is 60.3 Å². The van der Waals surface area contributed by atoms with Crippen LogP contribution in [0, 0.1) is 37.0 Å². The van der Waals surface area contributed by atoms with E-state index in [1.807, 2.05) is 19.9 Å². The Hall–Kier alpha value is -2.50. The minimum absolute atomic E-state index is 0.133. The number of carbonyl (C=O) groups excluding carboxylic acids is 2. The normalized spacial score (nSPS) is 29.2. The van der Waals surface area contributed by atoms with Gasteiger partial charge in [-0.1, -0.05) is 0 Å². The Morgan fingerprint density at radius 1 is 0.900 bits per heavy atom. The number of benzene rings is 1. The van der Waals surface area contributed by atoms with E-state index in [9.17, 15) is 9.59 Å². The molecule has 4 aliphatic rings. The van der Waals surface area contributed by atoms with Crippen molar-refractivity contribution >= 4 is 22.8 Å². The van der Waals surface area contributed by atoms with E-state index in [0.717, 1.165) is 59.4 Å². The van der Waals surface area contributed by atoms with Crippen LogP contribution in [0.3, 0.4) is 0 Å². The Kier molecular flexibility index (Phi) is 4.75. The van der Waals surface area contributed by atoms with Crippen LogP contribution in [0.5, 0.6) is 0 Å². The van der Waals surface area contributed by atoms with Crippen molar-refractivity contribution in [1.82, 2.24) is 20.6 Å². The summed E-state index contributed by atoms with van der Waals surface area (Å²) in [4.78, 5) is 34.5. The molecule has 4 bridgehead atoms. The highest BCUT2D eigenvalue weighted by atomic mass is 16.2. The van der Waals surface area contributed by atoms with E-state index in [1.165, 1.54) is 19.3 Å². The molecule has 1 heterocycles. The molecule has 0 spiro atoms. The maximum Gasteiger partial charge on any atom is 0.251 e. The van der Waals surface area contributed by atoms with E-state index in [1.54, 1.807) is 12.1 Å². The molecule has 4 fully saturated rings. The zero-order chi connectivity index (χ0) is 20.9. The molecule has 6 heteroatoms. The minimum atomic E-state index is -0.152. The first-order valence-electron chi connectivity index (χ1n) is 11.2. The molecule has 2 aromatic rings. The number of aryl methyl sites for hydroxylation is 2. The van der Waals surface area contributed by atoms with Crippen molar-refractivity contribution < 1.29 is 9.59 Å². The third-order valence-corrected chi connectivity index (χ3v) is 7.55. The molecule has 4 saturated carbocycles. The van der Waals surface area contributed by atoms with Gasteiger partial charge < -0.3 is 10.6 Å². The summed E-state index contributed by atoms with van der Waals surface area (Å²) < 4.78 is 0. The smallest absolute Gasteiger partial charge is 0.251 e. The zero-order valence-electron chi connectivity index (χ0n) is 17.8. The number of nitrogens with zero attached hydrogens (tertiary/aromatic N) is 2. The Bertz CT molecular complexity index is 980. The fourth-order valence-corrected chi connectivity index (χ4v) is 6.40. The van der Waals surface area contributed by atoms with Crippen LogP contribution < -0.4 is 10.6 Å². The van der Waals surface area contributed by atoms with Crippen molar-refractivity contribution in [2.75, 3.05) is 13.1 Å². The number of amides is 2. The summed E-state index contributed by atoms with van der Waals surface area (Å²) in [5, 5.41) is 6.03. The van der Waals surface area contributed by atoms with Gasteiger partial charge in [-0.25, -0.2) is 9.97 Å². The molecular weight excluding hydrogens is 376 g/mol. The number of carbonyl (C=O) groups is 2. The van der Waals surface area contributed by atoms with Crippen LogP contribution in [0.15, 0.2) is 18.2 Å². The zero-order valence-corrected chi connectivity index (χ0v) is 17.8. The molecule has 0 radical (unpaired) electrons. The fraction of sp³-hybridized carbons (Fsp3) is 0.583. The van der Waals surface area contributed by atoms with E-state index in [4.69, 9.17) is 0 Å². The summed E-state index contributed by atoms with van der Waals surface area (Å²) >= 11 is 0. The summed E-state index contributed by atoms with van der Waals surface area (Å²) in [6.45, 7) is 4.74. The molecular formula is C24H30N4O2. The Morgan fingerprint density at radius 2 is 1.47 bits per heavy atom. The average molecular weight is 407 g/mol. The van der Waals surface area contributed by atoms with Gasteiger partial charge in [-0.05, 0) is 88.3 Å². The van der Waals surface area contributed by atoms with Gasteiger partial charge in [0.25, 0.3) is 5.91 Å². The lowest BCUT2D eigenvalue weighted by Gasteiger charge is -2.55. The second kappa shape index (κ2) is 7.33. The SMILES string of the molecule is Cc1nc2ccc(C(=O)NCCNC(=O)C34CC5CC(CC(C5)C3)C4)cc2nc1C. The third kappa shape index (κ3) is 3.46. The number of hydrogen-bond acceptors (Lipinski definition) is 4. The first kappa shape index (κ1) is 19.5. The molecule has 0 saturated heterocycles. The summed E-state index contributed by atoms with van der Waals surface area (Å²) in [5.41, 5.74) is 3.71. The average Bonchev–Trinajstić information content (AvgIpc) is 2.70. The van der Waals surface area contributed by atoms with Crippen LogP contribution >= 0.6 is 0 Å². The standard InChI is InChI=1S/C24H30N4O2/c1-14-15(2)28-21-10-19(3-4-20(21)27-14)22(29)25-5-6-26-23(30)24-11-16-7-17(12-24)9-18(8-16)13-24/h3-4,10,16-18H,5-9,11-13H2,1-2H3,(H,25,29)(H,26,30). The van der Waals surface area contributed by atoms with Crippen molar-refractivity contribution in [2.24, 2.45) is 23.2 Å². The van der Waals surface area contributed by atoms with E-state index in [0.29, 0.717) is 18.7 Å². The Balaban J connectivity index is 1.15. The lowest BCUT2D eigenvalue weighted by Crippen LogP contribution is -2.54. The lowest BCUT2D eigenvalue weighted by molar-refractivity contribution is -0.146. The largest absolute Gasteiger partial charge is 0.354 e. The molecule has 0 unspecified atom stereocenters. The molecule has 6 rings (SSSR count). The number of hydrogen-bond donors (Lipinski definition) is 2. The quantitative estimate of drug-likeness (QED) is 0.746. The molecule has 6 nitrogen and oxygen atoms in total. The van der Waals surface area contributed by atoms with E-state index in [-0.39, 0.29) is 17.2 Å². The van der Waals surface area contributed by atoms with Crippen LogP contribution in [0.4, 0.5) is 0 Å². The predicted octanol–water partition coefficient (Wildman–Crippen LogP) is 3.31. The lowest BCUT2D eigenvalue weighted by atomic mass is 9.49. The van der Waals surface area contributed by atoms with Crippen molar-refractivity contribution in [1.29, 1.82) is 0 Å².